The number of carboxylic acids is 1. The van der Waals surface area contributed by atoms with E-state index in [1.54, 1.807) is 13.2 Å². The highest BCUT2D eigenvalue weighted by Gasteiger charge is 2.22. The molecule has 1 saturated carbocycles. The zero-order chi connectivity index (χ0) is 13.8. The number of rotatable bonds is 4. The van der Waals surface area contributed by atoms with E-state index in [0.717, 1.165) is 24.2 Å². The van der Waals surface area contributed by atoms with Crippen LogP contribution in [0.3, 0.4) is 0 Å². The molecular weight excluding hydrogens is 242 g/mol. The highest BCUT2D eigenvalue weighted by atomic mass is 16.5. The molecule has 4 nitrogen and oxygen atoms in total. The number of ether oxygens (including phenoxy) is 1. The van der Waals surface area contributed by atoms with Gasteiger partial charge in [0.05, 0.1) is 7.11 Å². The molecule has 0 bridgehead atoms. The van der Waals surface area contributed by atoms with Crippen molar-refractivity contribution < 1.29 is 14.6 Å². The number of nitrogens with two attached hydrogens (primary N) is 1. The van der Waals surface area contributed by atoms with Gasteiger partial charge in [-0.25, -0.2) is 0 Å². The van der Waals surface area contributed by atoms with Gasteiger partial charge < -0.3 is 15.6 Å². The first-order valence-corrected chi connectivity index (χ1v) is 6.79. The fourth-order valence-electron chi connectivity index (χ4n) is 2.82. The van der Waals surface area contributed by atoms with Gasteiger partial charge in [0.15, 0.2) is 0 Å². The molecule has 4 heteroatoms. The van der Waals surface area contributed by atoms with E-state index in [1.165, 1.54) is 19.3 Å². The van der Waals surface area contributed by atoms with Crippen LogP contribution in [0.5, 0.6) is 5.75 Å². The average Bonchev–Trinajstić information content (AvgIpc) is 2.46. The standard InChI is InChI=1S/C15H21NO3/c1-19-13-8-7-11(14(16)15(17)18)9-12(13)10-5-3-2-4-6-10/h7-10,14H,2-6,16H2,1H3,(H,17,18). The predicted molar refractivity (Wildman–Crippen MR) is 73.4 cm³/mol. The Kier molecular flexibility index (Phi) is 4.43. The van der Waals surface area contributed by atoms with Crippen molar-refractivity contribution in [1.29, 1.82) is 0 Å². The summed E-state index contributed by atoms with van der Waals surface area (Å²) in [6.07, 6.45) is 6.02. The SMILES string of the molecule is COc1ccc(C(N)C(=O)O)cc1C1CCCCC1. The summed E-state index contributed by atoms with van der Waals surface area (Å²) in [6, 6.07) is 4.52. The van der Waals surface area contributed by atoms with Gasteiger partial charge in [0.25, 0.3) is 0 Å². The molecule has 1 atom stereocenters. The summed E-state index contributed by atoms with van der Waals surface area (Å²) in [6.45, 7) is 0. The van der Waals surface area contributed by atoms with Gasteiger partial charge >= 0.3 is 5.97 Å². The predicted octanol–water partition coefficient (Wildman–Crippen LogP) is 2.83. The molecule has 0 spiro atoms. The van der Waals surface area contributed by atoms with Crippen molar-refractivity contribution in [3.05, 3.63) is 29.3 Å². The third-order valence-corrected chi connectivity index (χ3v) is 3.92. The van der Waals surface area contributed by atoms with Gasteiger partial charge in [-0.1, -0.05) is 25.3 Å². The van der Waals surface area contributed by atoms with Crippen LogP contribution in [0.15, 0.2) is 18.2 Å². The Balaban J connectivity index is 2.32. The molecule has 0 radical (unpaired) electrons. The molecule has 1 aliphatic rings. The smallest absolute Gasteiger partial charge is 0.325 e. The Bertz CT molecular complexity index is 453. The first kappa shape index (κ1) is 13.9. The molecule has 0 heterocycles. The highest BCUT2D eigenvalue weighted by molar-refractivity contribution is 5.75. The molecule has 104 valence electrons. The van der Waals surface area contributed by atoms with E-state index in [-0.39, 0.29) is 0 Å². The first-order valence-electron chi connectivity index (χ1n) is 6.79. The van der Waals surface area contributed by atoms with Crippen LogP contribution >= 0.6 is 0 Å². The van der Waals surface area contributed by atoms with Crippen molar-refractivity contribution in [1.82, 2.24) is 0 Å². The Morgan fingerprint density at radius 1 is 1.37 bits per heavy atom. The van der Waals surface area contributed by atoms with Gasteiger partial charge in [0.1, 0.15) is 11.8 Å². The Morgan fingerprint density at radius 2 is 2.05 bits per heavy atom. The topological polar surface area (TPSA) is 72.5 Å². The van der Waals surface area contributed by atoms with E-state index >= 15 is 0 Å². The molecule has 0 saturated heterocycles. The highest BCUT2D eigenvalue weighted by Crippen LogP contribution is 2.38. The summed E-state index contributed by atoms with van der Waals surface area (Å²) < 4.78 is 5.41. The molecule has 0 aromatic heterocycles. The lowest BCUT2D eigenvalue weighted by Crippen LogP contribution is -2.21. The van der Waals surface area contributed by atoms with Crippen LogP contribution in [0.4, 0.5) is 0 Å². The summed E-state index contributed by atoms with van der Waals surface area (Å²) in [5, 5.41) is 9.01. The van der Waals surface area contributed by atoms with Gasteiger partial charge in [-0.3, -0.25) is 4.79 Å². The van der Waals surface area contributed by atoms with E-state index in [2.05, 4.69) is 0 Å². The number of methoxy groups -OCH3 is 1. The Hall–Kier alpha value is -1.55. The molecule has 1 aromatic rings. The third-order valence-electron chi connectivity index (χ3n) is 3.92. The molecular formula is C15H21NO3. The van der Waals surface area contributed by atoms with Crippen LogP contribution in [0.25, 0.3) is 0 Å². The Labute approximate surface area is 113 Å². The zero-order valence-electron chi connectivity index (χ0n) is 11.3. The van der Waals surface area contributed by atoms with E-state index < -0.39 is 12.0 Å². The minimum absolute atomic E-state index is 0.463. The summed E-state index contributed by atoms with van der Waals surface area (Å²) in [5.41, 5.74) is 7.44. The minimum Gasteiger partial charge on any atom is -0.496 e. The first-order chi connectivity index (χ1) is 9.13. The van der Waals surface area contributed by atoms with E-state index in [0.29, 0.717) is 11.5 Å². The zero-order valence-corrected chi connectivity index (χ0v) is 11.3. The maximum atomic E-state index is 11.0. The van der Waals surface area contributed by atoms with Crippen LogP contribution in [-0.2, 0) is 4.79 Å². The van der Waals surface area contributed by atoms with Crippen molar-refractivity contribution in [2.45, 2.75) is 44.1 Å². The molecule has 2 rings (SSSR count). The van der Waals surface area contributed by atoms with Gasteiger partial charge in [-0.15, -0.1) is 0 Å². The molecule has 1 fully saturated rings. The monoisotopic (exact) mass is 263 g/mol. The van der Waals surface area contributed by atoms with Crippen molar-refractivity contribution >= 4 is 5.97 Å². The number of aliphatic carboxylic acids is 1. The van der Waals surface area contributed by atoms with Gasteiger partial charge in [-0.2, -0.15) is 0 Å². The van der Waals surface area contributed by atoms with Gasteiger partial charge in [-0.05, 0) is 42.0 Å². The lowest BCUT2D eigenvalue weighted by Gasteiger charge is -2.24. The van der Waals surface area contributed by atoms with Crippen LogP contribution in [-0.4, -0.2) is 18.2 Å². The van der Waals surface area contributed by atoms with Gasteiger partial charge in [0.2, 0.25) is 0 Å². The number of hydrogen-bond donors (Lipinski definition) is 2. The van der Waals surface area contributed by atoms with Crippen LogP contribution in [0, 0.1) is 0 Å². The number of carbonyl (C=O) groups is 1. The second kappa shape index (κ2) is 6.06. The maximum Gasteiger partial charge on any atom is 0.325 e. The van der Waals surface area contributed by atoms with Crippen LogP contribution in [0.1, 0.15) is 55.2 Å². The molecule has 0 amide bonds. The lowest BCUT2D eigenvalue weighted by atomic mass is 9.82. The summed E-state index contributed by atoms with van der Waals surface area (Å²) >= 11 is 0. The molecule has 1 aliphatic carbocycles. The van der Waals surface area contributed by atoms with E-state index in [4.69, 9.17) is 15.6 Å². The van der Waals surface area contributed by atoms with E-state index in [1.807, 2.05) is 12.1 Å². The molecule has 0 aliphatic heterocycles. The van der Waals surface area contributed by atoms with E-state index in [9.17, 15) is 4.79 Å². The second-order valence-corrected chi connectivity index (χ2v) is 5.15. The molecule has 19 heavy (non-hydrogen) atoms. The molecule has 1 unspecified atom stereocenters. The maximum absolute atomic E-state index is 11.0. The largest absolute Gasteiger partial charge is 0.496 e. The quantitative estimate of drug-likeness (QED) is 0.876. The van der Waals surface area contributed by atoms with Crippen molar-refractivity contribution in [3.8, 4) is 5.75 Å². The third kappa shape index (κ3) is 3.07. The summed E-state index contributed by atoms with van der Waals surface area (Å²) in [7, 11) is 1.65. The lowest BCUT2D eigenvalue weighted by molar-refractivity contribution is -0.138. The fraction of sp³-hybridized carbons (Fsp3) is 0.533. The molecule has 3 N–H and O–H groups in total. The minimum atomic E-state index is -1.00. The Morgan fingerprint density at radius 3 is 2.63 bits per heavy atom. The van der Waals surface area contributed by atoms with Crippen LogP contribution in [0.2, 0.25) is 0 Å². The average molecular weight is 263 g/mol. The van der Waals surface area contributed by atoms with Crippen molar-refractivity contribution in [2.24, 2.45) is 5.73 Å². The van der Waals surface area contributed by atoms with Crippen molar-refractivity contribution in [2.75, 3.05) is 7.11 Å². The van der Waals surface area contributed by atoms with Crippen LogP contribution < -0.4 is 10.5 Å². The fourth-order valence-corrected chi connectivity index (χ4v) is 2.82. The molecule has 1 aromatic carbocycles. The summed E-state index contributed by atoms with van der Waals surface area (Å²) in [4.78, 5) is 11.0. The number of hydrogen-bond acceptors (Lipinski definition) is 3. The number of carboxylic acid groups (broad SMARTS) is 1. The number of benzene rings is 1. The second-order valence-electron chi connectivity index (χ2n) is 5.15. The van der Waals surface area contributed by atoms with Crippen molar-refractivity contribution in [3.63, 3.8) is 0 Å². The normalized spacial score (nSPS) is 18.0. The van der Waals surface area contributed by atoms with Gasteiger partial charge in [0, 0.05) is 0 Å². The summed E-state index contributed by atoms with van der Waals surface area (Å²) in [5.74, 6) is 0.303.